The van der Waals surface area contributed by atoms with Crippen molar-refractivity contribution >= 4 is 52.6 Å². The van der Waals surface area contributed by atoms with Crippen LogP contribution in [-0.2, 0) is 25.7 Å². The molecule has 0 saturated heterocycles. The third kappa shape index (κ3) is 7.99. The lowest BCUT2D eigenvalue weighted by Crippen LogP contribution is -2.40. The van der Waals surface area contributed by atoms with E-state index < -0.39 is 23.5 Å². The molecule has 0 amide bonds. The lowest BCUT2D eigenvalue weighted by molar-refractivity contribution is -0.143. The van der Waals surface area contributed by atoms with Crippen LogP contribution in [0.25, 0.3) is 6.08 Å². The molecule has 0 unspecified atom stereocenters. The number of esters is 2. The van der Waals surface area contributed by atoms with Gasteiger partial charge in [-0.15, -0.1) is 0 Å². The van der Waals surface area contributed by atoms with Crippen molar-refractivity contribution in [2.75, 3.05) is 34.0 Å². The molecular formula is C36H34Cl2N2O9S. The van der Waals surface area contributed by atoms with E-state index in [1.54, 1.807) is 69.3 Å². The Bertz CT molecular complexity index is 2120. The smallest absolute Gasteiger partial charge is 0.343 e. The largest absolute Gasteiger partial charge is 0.493 e. The second kappa shape index (κ2) is 16.3. The molecule has 1 aromatic heterocycles. The van der Waals surface area contributed by atoms with Crippen molar-refractivity contribution in [3.8, 4) is 23.0 Å². The maximum atomic E-state index is 14.2. The van der Waals surface area contributed by atoms with Gasteiger partial charge in [-0.05, 0) is 79.9 Å². The first-order valence-corrected chi connectivity index (χ1v) is 17.1. The highest BCUT2D eigenvalue weighted by Gasteiger charge is 2.34. The summed E-state index contributed by atoms with van der Waals surface area (Å²) in [6.45, 7) is 5.51. The van der Waals surface area contributed by atoms with Crippen molar-refractivity contribution in [1.82, 2.24) is 4.57 Å². The Balaban J connectivity index is 1.58. The Labute approximate surface area is 301 Å². The quantitative estimate of drug-likeness (QED) is 0.160. The molecule has 3 aromatic carbocycles. The lowest BCUT2D eigenvalue weighted by atomic mass is 9.95. The zero-order valence-electron chi connectivity index (χ0n) is 27.9. The van der Waals surface area contributed by atoms with Crippen LogP contribution < -0.4 is 33.8 Å². The fourth-order valence-corrected chi connectivity index (χ4v) is 6.68. The van der Waals surface area contributed by atoms with Gasteiger partial charge in [-0.25, -0.2) is 14.6 Å². The van der Waals surface area contributed by atoms with E-state index in [-0.39, 0.29) is 37.0 Å². The summed E-state index contributed by atoms with van der Waals surface area (Å²) in [4.78, 5) is 44.4. The van der Waals surface area contributed by atoms with Crippen molar-refractivity contribution in [3.05, 3.63) is 112 Å². The number of rotatable bonds is 13. The highest BCUT2D eigenvalue weighted by Crippen LogP contribution is 2.38. The molecule has 4 aromatic rings. The Kier molecular flexibility index (Phi) is 11.9. The molecule has 1 atom stereocenters. The summed E-state index contributed by atoms with van der Waals surface area (Å²) in [7, 11) is 2.76. The summed E-state index contributed by atoms with van der Waals surface area (Å²) >= 11 is 13.8. The van der Waals surface area contributed by atoms with Crippen LogP contribution in [0.2, 0.25) is 10.0 Å². The Morgan fingerprint density at radius 1 is 0.940 bits per heavy atom. The number of ether oxygens (including phenoxy) is 6. The van der Waals surface area contributed by atoms with Gasteiger partial charge in [-0.2, -0.15) is 0 Å². The van der Waals surface area contributed by atoms with E-state index in [1.165, 1.54) is 18.8 Å². The predicted molar refractivity (Wildman–Crippen MR) is 189 cm³/mol. The second-order valence-corrected chi connectivity index (χ2v) is 12.6. The Hall–Kier alpha value is -4.78. The monoisotopic (exact) mass is 740 g/mol. The molecule has 0 fully saturated rings. The van der Waals surface area contributed by atoms with Gasteiger partial charge in [0.25, 0.3) is 5.56 Å². The summed E-state index contributed by atoms with van der Waals surface area (Å²) in [6, 6.07) is 14.7. The summed E-state index contributed by atoms with van der Waals surface area (Å²) in [5.41, 5.74) is 2.22. The van der Waals surface area contributed by atoms with Crippen molar-refractivity contribution in [2.24, 2.45) is 4.99 Å². The van der Waals surface area contributed by atoms with Gasteiger partial charge in [0.2, 0.25) is 0 Å². The van der Waals surface area contributed by atoms with E-state index in [0.29, 0.717) is 54.2 Å². The molecule has 11 nitrogen and oxygen atoms in total. The molecule has 0 bridgehead atoms. The van der Waals surface area contributed by atoms with Crippen molar-refractivity contribution in [1.29, 1.82) is 0 Å². The van der Waals surface area contributed by atoms with Gasteiger partial charge in [0.1, 0.15) is 6.61 Å². The number of benzene rings is 3. The standard InChI is InChI=1S/C36H34Cl2N2O9S/c1-6-46-27-17-23(10-13-26(27)48-19-30(41)45-5)32-31(35(43)47-7-2)20(3)39-36-40(32)34(42)29(50-36)16-22-14-25(38)33(28(15-22)44-4)49-18-21-8-11-24(37)12-9-21/h8-17,32H,6-7,18-19H2,1-5H3/b29-16-/t32-/m0/s1. The van der Waals surface area contributed by atoms with Crippen LogP contribution in [0.4, 0.5) is 0 Å². The minimum absolute atomic E-state index is 0.124. The molecule has 0 saturated carbocycles. The normalized spacial score (nSPS) is 14.1. The molecule has 1 aliphatic heterocycles. The van der Waals surface area contributed by atoms with Gasteiger partial charge in [-0.3, -0.25) is 9.36 Å². The summed E-state index contributed by atoms with van der Waals surface area (Å²) in [5, 5.41) is 0.904. The fourth-order valence-electron chi connectivity index (χ4n) is 5.24. The van der Waals surface area contributed by atoms with E-state index in [0.717, 1.165) is 16.9 Å². The average Bonchev–Trinajstić information content (AvgIpc) is 3.40. The Morgan fingerprint density at radius 2 is 1.70 bits per heavy atom. The maximum absolute atomic E-state index is 14.2. The average molecular weight is 742 g/mol. The third-order valence-corrected chi connectivity index (χ3v) is 9.04. The molecule has 262 valence electrons. The number of thiazole rings is 1. The molecule has 0 N–H and O–H groups in total. The molecule has 0 aliphatic carbocycles. The predicted octanol–water partition coefficient (Wildman–Crippen LogP) is 5.64. The van der Waals surface area contributed by atoms with Crippen LogP contribution in [0, 0.1) is 0 Å². The number of nitrogens with zero attached hydrogens (tertiary/aromatic N) is 2. The number of aromatic nitrogens is 1. The molecular weight excluding hydrogens is 707 g/mol. The van der Waals surface area contributed by atoms with Crippen LogP contribution in [0.15, 0.2) is 75.7 Å². The van der Waals surface area contributed by atoms with E-state index in [4.69, 9.17) is 46.9 Å². The number of methoxy groups -OCH3 is 2. The van der Waals surface area contributed by atoms with E-state index in [2.05, 4.69) is 9.73 Å². The number of fused-ring (bicyclic) bond motifs is 1. The molecule has 1 aliphatic rings. The number of carbonyl (C=O) groups excluding carboxylic acids is 2. The molecule has 2 heterocycles. The van der Waals surface area contributed by atoms with Crippen LogP contribution in [0.3, 0.4) is 0 Å². The second-order valence-electron chi connectivity index (χ2n) is 10.8. The molecule has 5 rings (SSSR count). The SMILES string of the molecule is CCOC(=O)C1=C(C)N=c2s/c(=C\c3cc(Cl)c(OCc4ccc(Cl)cc4)c(OC)c3)c(=O)n2[C@H]1c1ccc(OCC(=O)OC)c(OCC)c1. The summed E-state index contributed by atoms with van der Waals surface area (Å²) in [6.07, 6.45) is 1.68. The van der Waals surface area contributed by atoms with Gasteiger partial charge in [0.15, 0.2) is 34.4 Å². The highest BCUT2D eigenvalue weighted by atomic mass is 35.5. The summed E-state index contributed by atoms with van der Waals surface area (Å²) < 4.78 is 34.9. The number of hydrogen-bond acceptors (Lipinski definition) is 11. The van der Waals surface area contributed by atoms with Gasteiger partial charge < -0.3 is 28.4 Å². The van der Waals surface area contributed by atoms with E-state index >= 15 is 0 Å². The first-order valence-electron chi connectivity index (χ1n) is 15.5. The topological polar surface area (TPSA) is 124 Å². The minimum Gasteiger partial charge on any atom is -0.493 e. The van der Waals surface area contributed by atoms with E-state index in [1.807, 2.05) is 12.1 Å². The van der Waals surface area contributed by atoms with Gasteiger partial charge in [0, 0.05) is 5.02 Å². The zero-order valence-corrected chi connectivity index (χ0v) is 30.2. The lowest BCUT2D eigenvalue weighted by Gasteiger charge is -2.25. The number of carbonyl (C=O) groups is 2. The zero-order chi connectivity index (χ0) is 35.9. The summed E-state index contributed by atoms with van der Waals surface area (Å²) in [5.74, 6) is 0.157. The number of halogens is 2. The van der Waals surface area contributed by atoms with Gasteiger partial charge >= 0.3 is 11.9 Å². The van der Waals surface area contributed by atoms with E-state index in [9.17, 15) is 14.4 Å². The van der Waals surface area contributed by atoms with Gasteiger partial charge in [0.05, 0.1) is 54.3 Å². The first kappa shape index (κ1) is 36.5. The molecule has 0 spiro atoms. The van der Waals surface area contributed by atoms with Crippen molar-refractivity contribution in [3.63, 3.8) is 0 Å². The Morgan fingerprint density at radius 3 is 2.38 bits per heavy atom. The minimum atomic E-state index is -0.914. The molecule has 50 heavy (non-hydrogen) atoms. The van der Waals surface area contributed by atoms with Crippen molar-refractivity contribution < 1.29 is 38.0 Å². The van der Waals surface area contributed by atoms with Crippen LogP contribution in [0.1, 0.15) is 43.5 Å². The number of hydrogen-bond donors (Lipinski definition) is 0. The number of allylic oxidation sites excluding steroid dienone is 1. The molecule has 0 radical (unpaired) electrons. The van der Waals surface area contributed by atoms with Crippen molar-refractivity contribution in [2.45, 2.75) is 33.4 Å². The van der Waals surface area contributed by atoms with Crippen LogP contribution >= 0.6 is 34.5 Å². The third-order valence-electron chi connectivity index (χ3n) is 7.52. The first-order chi connectivity index (χ1) is 24.1. The molecule has 14 heteroatoms. The van der Waals surface area contributed by atoms with Gasteiger partial charge in [-0.1, -0.05) is 52.7 Å². The maximum Gasteiger partial charge on any atom is 0.343 e. The van der Waals surface area contributed by atoms with Crippen LogP contribution in [0.5, 0.6) is 23.0 Å². The van der Waals surface area contributed by atoms with Crippen LogP contribution in [-0.4, -0.2) is 50.5 Å². The highest BCUT2D eigenvalue weighted by molar-refractivity contribution is 7.07. The fraction of sp³-hybridized carbons (Fsp3) is 0.278.